The van der Waals surface area contributed by atoms with Crippen LogP contribution in [-0.4, -0.2) is 34.6 Å². The first-order chi connectivity index (χ1) is 13.4. The number of hydrogen-bond donors (Lipinski definition) is 4. The number of aromatic nitrogens is 2. The molecule has 2 aromatic rings. The quantitative estimate of drug-likeness (QED) is 0.206. The number of nitrogens with one attached hydrogen (secondary N) is 3. The van der Waals surface area contributed by atoms with E-state index in [1.807, 2.05) is 0 Å². The number of carbonyl (C=O) groups excluding carboxylic acids is 1. The summed E-state index contributed by atoms with van der Waals surface area (Å²) in [6.45, 7) is 1.83. The SMILES string of the molecule is Cc1cnc(CCc2cccc(F)c2)c(=O)n1CC(=O)NCCONC(=N)N. The summed E-state index contributed by atoms with van der Waals surface area (Å²) < 4.78 is 14.6. The smallest absolute Gasteiger partial charge is 0.272 e. The second-order valence-electron chi connectivity index (χ2n) is 6.08. The fraction of sp³-hybridized carbons (Fsp3) is 0.333. The molecule has 0 saturated heterocycles. The number of nitrogens with zero attached hydrogens (tertiary/aromatic N) is 2. The van der Waals surface area contributed by atoms with Gasteiger partial charge in [-0.15, -0.1) is 0 Å². The number of hydrogen-bond acceptors (Lipinski definition) is 5. The Morgan fingerprint density at radius 1 is 1.39 bits per heavy atom. The van der Waals surface area contributed by atoms with Crippen molar-refractivity contribution in [1.29, 1.82) is 5.41 Å². The summed E-state index contributed by atoms with van der Waals surface area (Å²) in [5.74, 6) is -1.03. The molecule has 9 nitrogen and oxygen atoms in total. The molecule has 0 radical (unpaired) electrons. The molecule has 150 valence electrons. The van der Waals surface area contributed by atoms with Gasteiger partial charge in [-0.05, 0) is 37.5 Å². The van der Waals surface area contributed by atoms with E-state index in [1.54, 1.807) is 19.1 Å². The van der Waals surface area contributed by atoms with Crippen molar-refractivity contribution in [3.63, 3.8) is 0 Å². The molecule has 0 unspecified atom stereocenters. The van der Waals surface area contributed by atoms with Gasteiger partial charge in [0.1, 0.15) is 18.1 Å². The topological polar surface area (TPSA) is 135 Å². The Morgan fingerprint density at radius 3 is 2.89 bits per heavy atom. The number of benzene rings is 1. The van der Waals surface area contributed by atoms with Gasteiger partial charge < -0.3 is 15.6 Å². The molecule has 0 spiro atoms. The summed E-state index contributed by atoms with van der Waals surface area (Å²) >= 11 is 0. The average molecular weight is 390 g/mol. The molecule has 0 aliphatic carbocycles. The first-order valence-corrected chi connectivity index (χ1v) is 8.65. The van der Waals surface area contributed by atoms with Crippen molar-refractivity contribution in [3.05, 3.63) is 63.6 Å². The minimum Gasteiger partial charge on any atom is -0.368 e. The number of hydroxylamine groups is 1. The lowest BCUT2D eigenvalue weighted by atomic mass is 10.1. The molecule has 28 heavy (non-hydrogen) atoms. The number of guanidine groups is 1. The number of nitrogens with two attached hydrogens (primary N) is 1. The highest BCUT2D eigenvalue weighted by Crippen LogP contribution is 2.06. The van der Waals surface area contributed by atoms with Crippen LogP contribution in [0.25, 0.3) is 0 Å². The Hall–Kier alpha value is -3.27. The van der Waals surface area contributed by atoms with Crippen molar-refractivity contribution in [2.45, 2.75) is 26.3 Å². The van der Waals surface area contributed by atoms with E-state index in [0.717, 1.165) is 5.56 Å². The van der Waals surface area contributed by atoms with Gasteiger partial charge in [-0.25, -0.2) is 9.87 Å². The van der Waals surface area contributed by atoms with E-state index < -0.39 is 0 Å². The van der Waals surface area contributed by atoms with Gasteiger partial charge >= 0.3 is 0 Å². The van der Waals surface area contributed by atoms with Crippen LogP contribution in [0, 0.1) is 18.2 Å². The van der Waals surface area contributed by atoms with Crippen molar-refractivity contribution in [2.24, 2.45) is 5.73 Å². The van der Waals surface area contributed by atoms with Crippen molar-refractivity contribution in [1.82, 2.24) is 20.3 Å². The van der Waals surface area contributed by atoms with Crippen molar-refractivity contribution in [3.8, 4) is 0 Å². The summed E-state index contributed by atoms with van der Waals surface area (Å²) in [6.07, 6.45) is 2.35. The first kappa shape index (κ1) is 21.0. The van der Waals surface area contributed by atoms with E-state index in [1.165, 1.54) is 22.9 Å². The molecule has 10 heteroatoms. The summed E-state index contributed by atoms with van der Waals surface area (Å²) in [5, 5.41) is 9.53. The van der Waals surface area contributed by atoms with Gasteiger partial charge in [0.2, 0.25) is 11.9 Å². The van der Waals surface area contributed by atoms with E-state index in [0.29, 0.717) is 24.2 Å². The molecule has 5 N–H and O–H groups in total. The van der Waals surface area contributed by atoms with Crippen LogP contribution in [-0.2, 0) is 29.0 Å². The number of amides is 1. The van der Waals surface area contributed by atoms with E-state index >= 15 is 0 Å². The number of carbonyl (C=O) groups is 1. The second kappa shape index (κ2) is 10.2. The average Bonchev–Trinajstić information content (AvgIpc) is 2.64. The van der Waals surface area contributed by atoms with Gasteiger partial charge in [0.05, 0.1) is 6.61 Å². The molecule has 0 fully saturated rings. The van der Waals surface area contributed by atoms with Crippen LogP contribution >= 0.6 is 0 Å². The van der Waals surface area contributed by atoms with Crippen LogP contribution in [0.3, 0.4) is 0 Å². The lowest BCUT2D eigenvalue weighted by Crippen LogP contribution is -2.38. The van der Waals surface area contributed by atoms with Gasteiger partial charge in [-0.3, -0.25) is 24.8 Å². The van der Waals surface area contributed by atoms with Crippen LogP contribution in [0.4, 0.5) is 4.39 Å². The molecule has 0 aliphatic heterocycles. The Morgan fingerprint density at radius 2 is 2.18 bits per heavy atom. The fourth-order valence-corrected chi connectivity index (χ4v) is 2.51. The molecular weight excluding hydrogens is 367 g/mol. The van der Waals surface area contributed by atoms with Gasteiger partial charge in [-0.1, -0.05) is 12.1 Å². The third-order valence-electron chi connectivity index (χ3n) is 3.87. The van der Waals surface area contributed by atoms with Crippen molar-refractivity contribution >= 4 is 11.9 Å². The van der Waals surface area contributed by atoms with Gasteiger partial charge in [0.25, 0.3) is 5.56 Å². The minimum absolute atomic E-state index is 0.106. The first-order valence-electron chi connectivity index (χ1n) is 8.65. The molecule has 1 aromatic carbocycles. The molecule has 1 aromatic heterocycles. The molecule has 0 saturated carbocycles. The Kier molecular flexibility index (Phi) is 7.64. The van der Waals surface area contributed by atoms with E-state index in [4.69, 9.17) is 16.0 Å². The van der Waals surface area contributed by atoms with E-state index in [-0.39, 0.29) is 42.9 Å². The van der Waals surface area contributed by atoms with E-state index in [9.17, 15) is 14.0 Å². The Balaban J connectivity index is 1.95. The summed E-state index contributed by atoms with van der Waals surface area (Å²) in [4.78, 5) is 33.7. The van der Waals surface area contributed by atoms with Gasteiger partial charge in [-0.2, -0.15) is 0 Å². The normalized spacial score (nSPS) is 10.5. The van der Waals surface area contributed by atoms with Crippen LogP contribution in [0.15, 0.2) is 35.3 Å². The zero-order valence-corrected chi connectivity index (χ0v) is 15.5. The zero-order chi connectivity index (χ0) is 20.5. The second-order valence-corrected chi connectivity index (χ2v) is 6.08. The molecule has 0 aliphatic rings. The van der Waals surface area contributed by atoms with E-state index in [2.05, 4.69) is 15.8 Å². The van der Waals surface area contributed by atoms with Crippen molar-refractivity contribution in [2.75, 3.05) is 13.2 Å². The maximum atomic E-state index is 13.3. The highest BCUT2D eigenvalue weighted by Gasteiger charge is 2.12. The monoisotopic (exact) mass is 390 g/mol. The summed E-state index contributed by atoms with van der Waals surface area (Å²) in [5.41, 5.74) is 8.50. The molecule has 1 heterocycles. The van der Waals surface area contributed by atoms with Crippen LogP contribution in [0.5, 0.6) is 0 Å². The minimum atomic E-state index is -0.362. The number of rotatable bonds is 9. The van der Waals surface area contributed by atoms with Gasteiger partial charge in [0.15, 0.2) is 0 Å². The van der Waals surface area contributed by atoms with Crippen molar-refractivity contribution < 1.29 is 14.0 Å². The number of aryl methyl sites for hydroxylation is 3. The van der Waals surface area contributed by atoms with Crippen LogP contribution in [0.2, 0.25) is 0 Å². The predicted octanol–water partition coefficient (Wildman–Crippen LogP) is 0.00689. The molecule has 0 bridgehead atoms. The highest BCUT2D eigenvalue weighted by molar-refractivity contribution is 5.75. The van der Waals surface area contributed by atoms with Crippen LogP contribution < -0.4 is 22.1 Å². The van der Waals surface area contributed by atoms with Crippen LogP contribution in [0.1, 0.15) is 17.0 Å². The zero-order valence-electron chi connectivity index (χ0n) is 15.5. The highest BCUT2D eigenvalue weighted by atomic mass is 19.1. The molecule has 2 rings (SSSR count). The lowest BCUT2D eigenvalue weighted by Gasteiger charge is -2.12. The molecular formula is C18H23FN6O3. The largest absolute Gasteiger partial charge is 0.368 e. The fourth-order valence-electron chi connectivity index (χ4n) is 2.51. The predicted molar refractivity (Wildman–Crippen MR) is 101 cm³/mol. The third kappa shape index (κ3) is 6.47. The van der Waals surface area contributed by atoms with Gasteiger partial charge in [0, 0.05) is 18.4 Å². The standard InChI is InChI=1S/C18H23FN6O3/c1-12-10-23-15(6-5-13-3-2-4-14(19)9-13)17(27)25(12)11-16(26)22-7-8-28-24-18(20)21/h2-4,9-10H,5-8,11H2,1H3,(H,22,26)(H4,20,21,24). The maximum absolute atomic E-state index is 13.3. The Labute approximate surface area is 161 Å². The number of halogens is 1. The summed E-state index contributed by atoms with van der Waals surface area (Å²) in [6, 6.07) is 6.18. The maximum Gasteiger partial charge on any atom is 0.272 e. The Bertz CT molecular complexity index is 899. The molecule has 1 amide bonds. The third-order valence-corrected chi connectivity index (χ3v) is 3.87. The lowest BCUT2D eigenvalue weighted by molar-refractivity contribution is -0.122. The summed E-state index contributed by atoms with van der Waals surface area (Å²) in [7, 11) is 0. The molecule has 0 atom stereocenters.